The highest BCUT2D eigenvalue weighted by molar-refractivity contribution is 5.85. The van der Waals surface area contributed by atoms with Gasteiger partial charge in [0.05, 0.1) is 0 Å². The number of hydrogen-bond acceptors (Lipinski definition) is 2. The highest BCUT2D eigenvalue weighted by atomic mass is 15.1. The molecule has 86 heavy (non-hydrogen) atoms. The molecular formula is C84H84N2. The Bertz CT molecular complexity index is 3670. The zero-order chi connectivity index (χ0) is 59.2. The number of nitrogens with zero attached hydrogens (tertiary/aromatic N) is 2. The van der Waals surface area contributed by atoms with Gasteiger partial charge in [0.15, 0.2) is 0 Å². The predicted molar refractivity (Wildman–Crippen MR) is 372 cm³/mol. The molecule has 0 radical (unpaired) electrons. The molecule has 0 saturated carbocycles. The second-order valence-electron chi connectivity index (χ2n) is 23.5. The van der Waals surface area contributed by atoms with Gasteiger partial charge in [0.25, 0.3) is 0 Å². The van der Waals surface area contributed by atoms with Gasteiger partial charge in [-0.15, -0.1) is 0 Å². The summed E-state index contributed by atoms with van der Waals surface area (Å²) in [5.41, 5.74) is 30.4. The van der Waals surface area contributed by atoms with Crippen molar-refractivity contribution in [3.05, 3.63) is 288 Å². The summed E-state index contributed by atoms with van der Waals surface area (Å²) < 4.78 is 0. The summed E-state index contributed by atoms with van der Waals surface area (Å²) in [7, 11) is 0. The molecule has 2 nitrogen and oxygen atoms in total. The smallest absolute Gasteiger partial charge is 0.0462 e. The van der Waals surface area contributed by atoms with Gasteiger partial charge in [0.1, 0.15) is 0 Å². The van der Waals surface area contributed by atoms with Crippen molar-refractivity contribution in [1.82, 2.24) is 0 Å². The molecule has 0 N–H and O–H groups in total. The van der Waals surface area contributed by atoms with Crippen molar-refractivity contribution in [2.45, 2.75) is 119 Å². The van der Waals surface area contributed by atoms with Gasteiger partial charge in [-0.05, 0) is 214 Å². The van der Waals surface area contributed by atoms with Gasteiger partial charge in [0.2, 0.25) is 0 Å². The average Bonchev–Trinajstić information content (AvgIpc) is 2.77. The highest BCUT2D eigenvalue weighted by Crippen LogP contribution is 2.42. The number of rotatable bonds is 24. The second kappa shape index (κ2) is 28.3. The first-order valence-corrected chi connectivity index (χ1v) is 32.0. The largest absolute Gasteiger partial charge is 0.311 e. The number of hydrogen-bond donors (Lipinski definition) is 0. The Hall–Kier alpha value is -8.98. The maximum Gasteiger partial charge on any atom is 0.0462 e. The van der Waals surface area contributed by atoms with Crippen LogP contribution < -0.4 is 9.80 Å². The molecule has 11 aromatic rings. The Morgan fingerprint density at radius 2 is 0.523 bits per heavy atom. The minimum Gasteiger partial charge on any atom is -0.311 e. The SMILES string of the molecule is CCCCCCc1cc(-c2ccc(-c3ccc(N(c4ccc(C)cc4)c4ccc(-c5ccccc5)cc4)cc3)c(CC)c2)c(CCCCCC)cc1-c1ccc(-c2ccc(N(c3ccc(C)cc3)c3ccc(-c4ccccc4)cc3)cc2)c(CC)c1. The third kappa shape index (κ3) is 13.7. The first-order valence-electron chi connectivity index (χ1n) is 32.0. The average molecular weight is 1120 g/mol. The number of unbranched alkanes of at least 4 members (excludes halogenated alkanes) is 6. The second-order valence-corrected chi connectivity index (χ2v) is 23.5. The summed E-state index contributed by atoms with van der Waals surface area (Å²) in [5.74, 6) is 0. The van der Waals surface area contributed by atoms with Crippen LogP contribution in [-0.4, -0.2) is 0 Å². The minimum absolute atomic E-state index is 0.949. The van der Waals surface area contributed by atoms with Crippen LogP contribution in [0.4, 0.5) is 34.1 Å². The van der Waals surface area contributed by atoms with Gasteiger partial charge in [-0.25, -0.2) is 0 Å². The van der Waals surface area contributed by atoms with Crippen molar-refractivity contribution in [3.63, 3.8) is 0 Å². The third-order valence-electron chi connectivity index (χ3n) is 17.4. The topological polar surface area (TPSA) is 6.48 Å². The van der Waals surface area contributed by atoms with Crippen molar-refractivity contribution >= 4 is 34.1 Å². The van der Waals surface area contributed by atoms with Crippen LogP contribution in [-0.2, 0) is 25.7 Å². The maximum absolute atomic E-state index is 2.61. The van der Waals surface area contributed by atoms with Crippen LogP contribution in [0.5, 0.6) is 0 Å². The van der Waals surface area contributed by atoms with Gasteiger partial charge >= 0.3 is 0 Å². The van der Waals surface area contributed by atoms with Gasteiger partial charge < -0.3 is 9.80 Å². The van der Waals surface area contributed by atoms with Crippen LogP contribution in [0.1, 0.15) is 112 Å². The minimum atomic E-state index is 0.949. The van der Waals surface area contributed by atoms with Gasteiger partial charge in [-0.1, -0.05) is 259 Å². The van der Waals surface area contributed by atoms with Crippen molar-refractivity contribution in [2.24, 2.45) is 0 Å². The Kier molecular flexibility index (Phi) is 19.3. The molecule has 11 rings (SSSR count). The monoisotopic (exact) mass is 1120 g/mol. The third-order valence-corrected chi connectivity index (χ3v) is 17.4. The Morgan fingerprint density at radius 1 is 0.233 bits per heavy atom. The van der Waals surface area contributed by atoms with E-state index in [4.69, 9.17) is 0 Å². The first-order chi connectivity index (χ1) is 42.3. The first kappa shape index (κ1) is 58.8. The summed E-state index contributed by atoms with van der Waals surface area (Å²) in [6, 6.07) is 95.3. The van der Waals surface area contributed by atoms with E-state index in [1.54, 1.807) is 0 Å². The number of anilines is 6. The van der Waals surface area contributed by atoms with Crippen LogP contribution >= 0.6 is 0 Å². The molecule has 0 saturated heterocycles. The van der Waals surface area contributed by atoms with E-state index in [0.717, 1.165) is 59.8 Å². The number of aryl methyl sites for hydroxylation is 6. The fourth-order valence-corrected chi connectivity index (χ4v) is 12.5. The van der Waals surface area contributed by atoms with Crippen LogP contribution in [0, 0.1) is 13.8 Å². The molecule has 11 aromatic carbocycles. The van der Waals surface area contributed by atoms with Gasteiger partial charge in [0, 0.05) is 34.1 Å². The van der Waals surface area contributed by atoms with Crippen molar-refractivity contribution in [2.75, 3.05) is 9.80 Å². The van der Waals surface area contributed by atoms with Gasteiger partial charge in [-0.2, -0.15) is 0 Å². The van der Waals surface area contributed by atoms with E-state index in [0.29, 0.717) is 0 Å². The van der Waals surface area contributed by atoms with Crippen molar-refractivity contribution in [3.8, 4) is 66.8 Å². The maximum atomic E-state index is 2.61. The molecule has 0 unspecified atom stereocenters. The lowest BCUT2D eigenvalue weighted by atomic mass is 9.84. The zero-order valence-corrected chi connectivity index (χ0v) is 51.6. The molecule has 430 valence electrons. The van der Waals surface area contributed by atoms with E-state index < -0.39 is 0 Å². The number of benzene rings is 11. The zero-order valence-electron chi connectivity index (χ0n) is 51.6. The molecule has 0 bridgehead atoms. The molecule has 0 atom stereocenters. The van der Waals surface area contributed by atoms with E-state index in [1.807, 2.05) is 0 Å². The lowest BCUT2D eigenvalue weighted by molar-refractivity contribution is 0.664. The predicted octanol–water partition coefficient (Wildman–Crippen LogP) is 24.6. The summed E-state index contributed by atoms with van der Waals surface area (Å²) in [4.78, 5) is 4.75. The van der Waals surface area contributed by atoms with Crippen LogP contribution in [0.3, 0.4) is 0 Å². The summed E-state index contributed by atoms with van der Waals surface area (Å²) in [6.45, 7) is 13.6. The van der Waals surface area contributed by atoms with E-state index >= 15 is 0 Å². The highest BCUT2D eigenvalue weighted by Gasteiger charge is 2.20. The quantitative estimate of drug-likeness (QED) is 0.0557. The Morgan fingerprint density at radius 3 is 0.837 bits per heavy atom. The van der Waals surface area contributed by atoms with Crippen molar-refractivity contribution < 1.29 is 0 Å². The van der Waals surface area contributed by atoms with Crippen LogP contribution in [0.25, 0.3) is 66.8 Å². The molecule has 2 heteroatoms. The molecule has 0 heterocycles. The fourth-order valence-electron chi connectivity index (χ4n) is 12.5. The summed E-state index contributed by atoms with van der Waals surface area (Å²) >= 11 is 0. The Labute approximate surface area is 514 Å². The van der Waals surface area contributed by atoms with Crippen molar-refractivity contribution in [1.29, 1.82) is 0 Å². The summed E-state index contributed by atoms with van der Waals surface area (Å²) in [6.07, 6.45) is 13.9. The lowest BCUT2D eigenvalue weighted by Crippen LogP contribution is -2.09. The van der Waals surface area contributed by atoms with E-state index in [-0.39, 0.29) is 0 Å². The molecule has 0 amide bonds. The van der Waals surface area contributed by atoms with Crippen LogP contribution in [0.15, 0.2) is 255 Å². The Balaban J connectivity index is 0.911. The molecule has 0 aliphatic rings. The van der Waals surface area contributed by atoms with E-state index in [9.17, 15) is 0 Å². The summed E-state index contributed by atoms with van der Waals surface area (Å²) in [5, 5.41) is 0. The molecule has 0 aliphatic carbocycles. The standard InChI is InChI=1S/C84H84N2/c1-7-11-13-17-27-71-59-84(74-42-56-82(64(10-4)58-74)70-39-53-80(54-40-70)86(76-45-31-62(6)32-46-76)78-49-35-68(36-50-78)66-25-21-16-22-26-66)72(28-18-14-12-8-2)60-83(71)73-41-55-81(63(9-3)57-73)69-37-51-79(52-38-69)85(75-43-29-61(5)30-44-75)77-47-33-67(34-48-77)65-23-19-15-20-24-65/h15-16,19-26,29-60H,7-14,17-18,27-28H2,1-6H3. The fraction of sp³-hybridized carbons (Fsp3) is 0.214. The van der Waals surface area contributed by atoms with E-state index in [1.165, 1.54) is 152 Å². The molecule has 0 fully saturated rings. The van der Waals surface area contributed by atoms with E-state index in [2.05, 4.69) is 306 Å². The van der Waals surface area contributed by atoms with Crippen LogP contribution in [0.2, 0.25) is 0 Å². The molecule has 0 spiro atoms. The molecule has 0 aromatic heterocycles. The molecular weight excluding hydrogens is 1040 g/mol. The molecule has 0 aliphatic heterocycles. The normalized spacial score (nSPS) is 11.2. The lowest BCUT2D eigenvalue weighted by Gasteiger charge is -2.26. The van der Waals surface area contributed by atoms with Gasteiger partial charge in [-0.3, -0.25) is 0 Å².